The second kappa shape index (κ2) is 4.55. The van der Waals surface area contributed by atoms with Gasteiger partial charge >= 0.3 is 6.09 Å². The molecule has 2 aliphatic heterocycles. The van der Waals surface area contributed by atoms with Gasteiger partial charge in [-0.2, -0.15) is 0 Å². The first-order valence-electron chi connectivity index (χ1n) is 6.53. The molecule has 1 amide bonds. The van der Waals surface area contributed by atoms with E-state index in [9.17, 15) is 4.79 Å². The topological polar surface area (TPSA) is 80.5 Å². The van der Waals surface area contributed by atoms with Gasteiger partial charge in [-0.3, -0.25) is 0 Å². The van der Waals surface area contributed by atoms with Gasteiger partial charge in [0.15, 0.2) is 0 Å². The van der Waals surface area contributed by atoms with E-state index in [4.69, 9.17) is 9.84 Å². The van der Waals surface area contributed by atoms with Crippen LogP contribution in [0.2, 0.25) is 0 Å². The molecule has 0 aromatic carbocycles. The first-order valence-corrected chi connectivity index (χ1v) is 7.61. The molecule has 3 rings (SSSR count). The van der Waals surface area contributed by atoms with Gasteiger partial charge in [0.25, 0.3) is 0 Å². The summed E-state index contributed by atoms with van der Waals surface area (Å²) in [5.41, 5.74) is 0.868. The van der Waals surface area contributed by atoms with Crippen LogP contribution in [-0.2, 0) is 4.74 Å². The summed E-state index contributed by atoms with van der Waals surface area (Å²) in [5, 5.41) is 17.5. The zero-order valence-corrected chi connectivity index (χ0v) is 13.7. The van der Waals surface area contributed by atoms with Gasteiger partial charge in [-0.25, -0.2) is 9.48 Å². The summed E-state index contributed by atoms with van der Waals surface area (Å²) in [7, 11) is 0. The van der Waals surface area contributed by atoms with Gasteiger partial charge in [0.1, 0.15) is 21.6 Å². The Bertz CT molecular complexity index is 553. The van der Waals surface area contributed by atoms with Crippen molar-refractivity contribution in [1.29, 1.82) is 0 Å². The SMILES string of the molecule is CC(C)(C)C1O[C@@H]2CN(C(=O)O)C[C@H]2n2nnc(I)c21. The lowest BCUT2D eigenvalue weighted by atomic mass is 9.86. The molecular weight excluding hydrogens is 375 g/mol. The van der Waals surface area contributed by atoms with Crippen LogP contribution in [0, 0.1) is 9.12 Å². The lowest BCUT2D eigenvalue weighted by molar-refractivity contribution is -0.103. The fourth-order valence-corrected chi connectivity index (χ4v) is 3.52. The summed E-state index contributed by atoms with van der Waals surface area (Å²) in [6.07, 6.45) is -1.19. The standard InChI is InChI=1S/C12H17IN4O3/c1-12(2,3)9-8-10(13)14-15-17(8)6-4-16(11(18)19)5-7(6)20-9/h6-7,9H,4-5H2,1-3H3,(H,18,19)/t6-,7-,9?/m1/s1. The second-order valence-corrected chi connectivity index (χ2v) is 7.41. The Morgan fingerprint density at radius 2 is 2.15 bits per heavy atom. The predicted molar refractivity (Wildman–Crippen MR) is 78.4 cm³/mol. The van der Waals surface area contributed by atoms with Crippen molar-refractivity contribution in [3.63, 3.8) is 0 Å². The fraction of sp³-hybridized carbons (Fsp3) is 0.750. The van der Waals surface area contributed by atoms with Crippen molar-refractivity contribution in [2.24, 2.45) is 5.41 Å². The predicted octanol–water partition coefficient (Wildman–Crippen LogP) is 1.90. The molecule has 0 saturated carbocycles. The molecule has 1 unspecified atom stereocenters. The van der Waals surface area contributed by atoms with Crippen LogP contribution >= 0.6 is 22.6 Å². The van der Waals surface area contributed by atoms with Crippen LogP contribution in [0.3, 0.4) is 0 Å². The van der Waals surface area contributed by atoms with Crippen molar-refractivity contribution in [3.05, 3.63) is 9.39 Å². The maximum absolute atomic E-state index is 11.2. The second-order valence-electron chi connectivity index (χ2n) is 6.39. The molecule has 20 heavy (non-hydrogen) atoms. The van der Waals surface area contributed by atoms with E-state index in [1.807, 2.05) is 4.68 Å². The number of carboxylic acid groups (broad SMARTS) is 1. The van der Waals surface area contributed by atoms with E-state index in [0.29, 0.717) is 13.1 Å². The van der Waals surface area contributed by atoms with E-state index in [0.717, 1.165) is 9.39 Å². The van der Waals surface area contributed by atoms with Crippen molar-refractivity contribution < 1.29 is 14.6 Å². The number of halogens is 1. The van der Waals surface area contributed by atoms with E-state index in [2.05, 4.69) is 53.7 Å². The molecule has 110 valence electrons. The molecule has 3 heterocycles. The maximum Gasteiger partial charge on any atom is 0.407 e. The summed E-state index contributed by atoms with van der Waals surface area (Å²) in [4.78, 5) is 12.6. The van der Waals surface area contributed by atoms with Crippen LogP contribution in [0.25, 0.3) is 0 Å². The van der Waals surface area contributed by atoms with Crippen LogP contribution in [0.15, 0.2) is 0 Å². The number of amides is 1. The van der Waals surface area contributed by atoms with Gasteiger partial charge in [0.2, 0.25) is 0 Å². The molecule has 0 spiro atoms. The van der Waals surface area contributed by atoms with Crippen molar-refractivity contribution >= 4 is 28.7 Å². The number of likely N-dealkylation sites (tertiary alicyclic amines) is 1. The molecule has 3 atom stereocenters. The molecule has 8 heteroatoms. The Morgan fingerprint density at radius 3 is 2.75 bits per heavy atom. The molecular formula is C12H17IN4O3. The van der Waals surface area contributed by atoms with E-state index in [1.165, 1.54) is 4.90 Å². The van der Waals surface area contributed by atoms with Gasteiger partial charge in [0, 0.05) is 6.54 Å². The van der Waals surface area contributed by atoms with Crippen molar-refractivity contribution in [2.45, 2.75) is 39.0 Å². The molecule has 0 bridgehead atoms. The minimum absolute atomic E-state index is 0.0734. The highest BCUT2D eigenvalue weighted by Crippen LogP contribution is 2.45. The number of hydrogen-bond acceptors (Lipinski definition) is 4. The minimum Gasteiger partial charge on any atom is -0.465 e. The molecule has 1 N–H and O–H groups in total. The largest absolute Gasteiger partial charge is 0.465 e. The molecule has 1 aromatic rings. The van der Waals surface area contributed by atoms with E-state index < -0.39 is 6.09 Å². The monoisotopic (exact) mass is 392 g/mol. The van der Waals surface area contributed by atoms with Crippen LogP contribution < -0.4 is 0 Å². The minimum atomic E-state index is -0.910. The maximum atomic E-state index is 11.2. The summed E-state index contributed by atoms with van der Waals surface area (Å²) in [5.74, 6) is 0. The third kappa shape index (κ3) is 2.09. The van der Waals surface area contributed by atoms with E-state index in [-0.39, 0.29) is 23.7 Å². The average Bonchev–Trinajstić information content (AvgIpc) is 2.90. The zero-order chi connectivity index (χ0) is 14.7. The molecule has 1 fully saturated rings. The van der Waals surface area contributed by atoms with Crippen LogP contribution in [-0.4, -0.2) is 50.3 Å². The molecule has 7 nitrogen and oxygen atoms in total. The van der Waals surface area contributed by atoms with E-state index >= 15 is 0 Å². The van der Waals surface area contributed by atoms with Gasteiger partial charge in [-0.1, -0.05) is 26.0 Å². The summed E-state index contributed by atoms with van der Waals surface area (Å²) >= 11 is 2.16. The number of aromatic nitrogens is 3. The Balaban J connectivity index is 2.02. The molecule has 1 aromatic heterocycles. The van der Waals surface area contributed by atoms with Gasteiger partial charge in [0.05, 0.1) is 12.6 Å². The number of fused-ring (bicyclic) bond motifs is 3. The van der Waals surface area contributed by atoms with Gasteiger partial charge in [-0.15, -0.1) is 5.10 Å². The molecule has 0 radical (unpaired) electrons. The van der Waals surface area contributed by atoms with Crippen LogP contribution in [0.1, 0.15) is 38.6 Å². The Hall–Kier alpha value is -0.900. The Morgan fingerprint density at radius 1 is 1.45 bits per heavy atom. The lowest BCUT2D eigenvalue weighted by Gasteiger charge is -2.39. The lowest BCUT2D eigenvalue weighted by Crippen LogP contribution is -2.39. The highest BCUT2D eigenvalue weighted by molar-refractivity contribution is 14.1. The third-order valence-corrected chi connectivity index (χ3v) is 4.62. The zero-order valence-electron chi connectivity index (χ0n) is 11.6. The smallest absolute Gasteiger partial charge is 0.407 e. The number of ether oxygens (including phenoxy) is 1. The average molecular weight is 392 g/mol. The van der Waals surface area contributed by atoms with E-state index in [1.54, 1.807) is 0 Å². The first-order chi connectivity index (χ1) is 9.29. The summed E-state index contributed by atoms with van der Waals surface area (Å²) in [6, 6.07) is -0.0734. The quantitative estimate of drug-likeness (QED) is 0.683. The van der Waals surface area contributed by atoms with Gasteiger partial charge in [-0.05, 0) is 28.0 Å². The van der Waals surface area contributed by atoms with Crippen LogP contribution in [0.4, 0.5) is 4.79 Å². The number of hydrogen-bond donors (Lipinski definition) is 1. The van der Waals surface area contributed by atoms with Crippen LogP contribution in [0.5, 0.6) is 0 Å². The number of rotatable bonds is 0. The Labute approximate surface area is 130 Å². The van der Waals surface area contributed by atoms with Crippen molar-refractivity contribution in [2.75, 3.05) is 13.1 Å². The molecule has 0 aliphatic carbocycles. The van der Waals surface area contributed by atoms with Gasteiger partial charge < -0.3 is 14.7 Å². The number of carbonyl (C=O) groups is 1. The van der Waals surface area contributed by atoms with Crippen molar-refractivity contribution in [3.8, 4) is 0 Å². The molecule has 1 saturated heterocycles. The van der Waals surface area contributed by atoms with Crippen molar-refractivity contribution in [1.82, 2.24) is 19.9 Å². The summed E-state index contributed by atoms with van der Waals surface area (Å²) in [6.45, 7) is 7.12. The number of nitrogens with zero attached hydrogens (tertiary/aromatic N) is 4. The highest BCUT2D eigenvalue weighted by atomic mass is 127. The normalized spacial score (nSPS) is 29.2. The fourth-order valence-electron chi connectivity index (χ4n) is 2.89. The molecule has 2 aliphatic rings. The first kappa shape index (κ1) is 14.1. The summed E-state index contributed by atoms with van der Waals surface area (Å²) < 4.78 is 8.91. The Kier molecular flexibility index (Phi) is 3.20. The highest BCUT2D eigenvalue weighted by Gasteiger charge is 2.48. The third-order valence-electron chi connectivity index (χ3n) is 3.85.